The molecule has 104 valence electrons. The number of aryl methyl sites for hydroxylation is 1. The Labute approximate surface area is 121 Å². The van der Waals surface area contributed by atoms with Gasteiger partial charge in [0.2, 0.25) is 0 Å². The molecule has 2 aromatic rings. The van der Waals surface area contributed by atoms with Gasteiger partial charge in [0.15, 0.2) is 0 Å². The quantitative estimate of drug-likeness (QED) is 0.855. The Morgan fingerprint density at radius 3 is 3.00 bits per heavy atom. The van der Waals surface area contributed by atoms with Crippen LogP contribution < -0.4 is 0 Å². The molecule has 0 atom stereocenters. The number of imidazole rings is 1. The highest BCUT2D eigenvalue weighted by molar-refractivity contribution is 7.98. The summed E-state index contributed by atoms with van der Waals surface area (Å²) in [6.07, 6.45) is 6.27. The van der Waals surface area contributed by atoms with Gasteiger partial charge in [-0.25, -0.2) is 9.78 Å². The second-order valence-corrected chi connectivity index (χ2v) is 6.14. The number of carboxylic acid groups (broad SMARTS) is 1. The van der Waals surface area contributed by atoms with Gasteiger partial charge >= 0.3 is 5.97 Å². The maximum Gasteiger partial charge on any atom is 0.335 e. The van der Waals surface area contributed by atoms with Gasteiger partial charge in [0, 0.05) is 28.6 Å². The molecule has 1 aromatic carbocycles. The third-order valence-corrected chi connectivity index (χ3v) is 4.54. The average Bonchev–Trinajstić information content (AvgIpc) is 3.16. The molecular formula is C15H16N2O2S. The summed E-state index contributed by atoms with van der Waals surface area (Å²) >= 11 is 1.65. The summed E-state index contributed by atoms with van der Waals surface area (Å²) in [6.45, 7) is 1.82. The summed E-state index contributed by atoms with van der Waals surface area (Å²) in [5.74, 6) is -0.0495. The molecule has 0 unspecified atom stereocenters. The van der Waals surface area contributed by atoms with Crippen LogP contribution in [0, 0.1) is 6.92 Å². The van der Waals surface area contributed by atoms with Gasteiger partial charge in [-0.2, -0.15) is 0 Å². The largest absolute Gasteiger partial charge is 0.478 e. The molecule has 1 fully saturated rings. The Morgan fingerprint density at radius 2 is 2.30 bits per heavy atom. The maximum absolute atomic E-state index is 11.1. The molecule has 1 saturated carbocycles. The lowest BCUT2D eigenvalue weighted by Crippen LogP contribution is -2.00. The van der Waals surface area contributed by atoms with E-state index in [1.807, 2.05) is 31.6 Å². The third kappa shape index (κ3) is 2.72. The van der Waals surface area contributed by atoms with E-state index in [1.165, 1.54) is 18.5 Å². The number of hydrogen-bond donors (Lipinski definition) is 1. The molecular weight excluding hydrogens is 272 g/mol. The molecule has 1 N–H and O–H groups in total. The summed E-state index contributed by atoms with van der Waals surface area (Å²) in [7, 11) is 0. The second-order valence-electron chi connectivity index (χ2n) is 5.09. The van der Waals surface area contributed by atoms with Crippen molar-refractivity contribution in [1.29, 1.82) is 0 Å². The Bertz CT molecular complexity index is 647. The molecule has 1 aliphatic rings. The van der Waals surface area contributed by atoms with Crippen LogP contribution in [0.1, 0.15) is 40.5 Å². The number of aromatic carboxylic acids is 1. The van der Waals surface area contributed by atoms with E-state index in [4.69, 9.17) is 5.11 Å². The number of carbonyl (C=O) groups is 1. The van der Waals surface area contributed by atoms with Crippen LogP contribution in [0.5, 0.6) is 0 Å². The zero-order valence-electron chi connectivity index (χ0n) is 11.2. The number of nitrogens with zero attached hydrogens (tertiary/aromatic N) is 2. The van der Waals surface area contributed by atoms with Crippen molar-refractivity contribution in [1.82, 2.24) is 9.55 Å². The summed E-state index contributed by atoms with van der Waals surface area (Å²) in [5, 5.41) is 9.14. The van der Waals surface area contributed by atoms with Crippen LogP contribution in [0.15, 0.2) is 35.6 Å². The normalized spacial score (nSPS) is 14.4. The fourth-order valence-corrected chi connectivity index (χ4v) is 3.11. The van der Waals surface area contributed by atoms with Gasteiger partial charge < -0.3 is 9.67 Å². The van der Waals surface area contributed by atoms with Gasteiger partial charge in [-0.05, 0) is 37.5 Å². The minimum Gasteiger partial charge on any atom is -0.478 e. The lowest BCUT2D eigenvalue weighted by molar-refractivity contribution is 0.0696. The molecule has 1 aromatic heterocycles. The fourth-order valence-electron chi connectivity index (χ4n) is 2.20. The predicted octanol–water partition coefficient (Wildman–Crippen LogP) is 3.52. The van der Waals surface area contributed by atoms with E-state index in [2.05, 4.69) is 9.55 Å². The Kier molecular flexibility index (Phi) is 3.53. The predicted molar refractivity (Wildman–Crippen MR) is 78.2 cm³/mol. The van der Waals surface area contributed by atoms with E-state index >= 15 is 0 Å². The van der Waals surface area contributed by atoms with Crippen LogP contribution in [0.3, 0.4) is 0 Å². The first kappa shape index (κ1) is 13.2. The van der Waals surface area contributed by atoms with E-state index in [0.717, 1.165) is 16.2 Å². The number of aromatic nitrogens is 2. The van der Waals surface area contributed by atoms with Crippen molar-refractivity contribution in [2.75, 3.05) is 0 Å². The monoisotopic (exact) mass is 288 g/mol. The smallest absolute Gasteiger partial charge is 0.335 e. The van der Waals surface area contributed by atoms with Crippen molar-refractivity contribution < 1.29 is 9.90 Å². The topological polar surface area (TPSA) is 55.1 Å². The first-order chi connectivity index (χ1) is 9.65. The van der Waals surface area contributed by atoms with Gasteiger partial charge in [0.1, 0.15) is 0 Å². The molecule has 1 aliphatic carbocycles. The molecule has 3 rings (SSSR count). The summed E-state index contributed by atoms with van der Waals surface area (Å²) in [4.78, 5) is 16.3. The molecule has 20 heavy (non-hydrogen) atoms. The average molecular weight is 288 g/mol. The lowest BCUT2D eigenvalue weighted by atomic mass is 10.1. The number of thioether (sulfide) groups is 1. The Balaban J connectivity index is 1.73. The third-order valence-electron chi connectivity index (χ3n) is 3.51. The molecule has 0 amide bonds. The molecule has 0 saturated heterocycles. The maximum atomic E-state index is 11.1. The van der Waals surface area contributed by atoms with Crippen LogP contribution >= 0.6 is 11.8 Å². The van der Waals surface area contributed by atoms with Gasteiger partial charge in [-0.3, -0.25) is 0 Å². The molecule has 5 heteroatoms. The van der Waals surface area contributed by atoms with Gasteiger partial charge in [-0.1, -0.05) is 6.07 Å². The van der Waals surface area contributed by atoms with Crippen molar-refractivity contribution in [2.45, 2.75) is 36.5 Å². The highest BCUT2D eigenvalue weighted by Gasteiger charge is 2.25. The minimum atomic E-state index is -0.868. The highest BCUT2D eigenvalue weighted by atomic mass is 32.2. The lowest BCUT2D eigenvalue weighted by Gasteiger charge is -2.08. The molecule has 1 heterocycles. The van der Waals surface area contributed by atoms with Gasteiger partial charge in [-0.15, -0.1) is 11.8 Å². The molecule has 0 aliphatic heterocycles. The van der Waals surface area contributed by atoms with E-state index in [1.54, 1.807) is 17.8 Å². The molecule has 0 radical (unpaired) electrons. The van der Waals surface area contributed by atoms with Crippen LogP contribution in [-0.4, -0.2) is 20.6 Å². The fraction of sp³-hybridized carbons (Fsp3) is 0.333. The number of carboxylic acids is 1. The van der Waals surface area contributed by atoms with Crippen molar-refractivity contribution >= 4 is 17.7 Å². The first-order valence-corrected chi connectivity index (χ1v) is 7.61. The van der Waals surface area contributed by atoms with Crippen LogP contribution in [0.4, 0.5) is 0 Å². The van der Waals surface area contributed by atoms with Gasteiger partial charge in [0.05, 0.1) is 11.9 Å². The summed E-state index contributed by atoms with van der Waals surface area (Å²) in [6, 6.07) is 6.22. The van der Waals surface area contributed by atoms with Crippen LogP contribution in [0.2, 0.25) is 0 Å². The minimum absolute atomic E-state index is 0.380. The molecule has 0 bridgehead atoms. The Morgan fingerprint density at radius 1 is 1.50 bits per heavy atom. The second kappa shape index (κ2) is 5.32. The van der Waals surface area contributed by atoms with Crippen molar-refractivity contribution in [3.8, 4) is 0 Å². The molecule has 4 nitrogen and oxygen atoms in total. The van der Waals surface area contributed by atoms with Crippen molar-refractivity contribution in [2.24, 2.45) is 0 Å². The van der Waals surface area contributed by atoms with E-state index in [0.29, 0.717) is 11.6 Å². The first-order valence-electron chi connectivity index (χ1n) is 6.62. The number of hydrogen-bond acceptors (Lipinski definition) is 3. The standard InChI is InChI=1S/C15H16N2O2S/c1-10-2-5-13(6-14(10)15(18)19)20-8-12-7-16-9-17(12)11-3-4-11/h2,5-7,9,11H,3-4,8H2,1H3,(H,18,19). The number of rotatable bonds is 5. The summed E-state index contributed by atoms with van der Waals surface area (Å²) < 4.78 is 2.24. The van der Waals surface area contributed by atoms with E-state index in [9.17, 15) is 4.79 Å². The van der Waals surface area contributed by atoms with Crippen LogP contribution in [-0.2, 0) is 5.75 Å². The highest BCUT2D eigenvalue weighted by Crippen LogP contribution is 2.37. The Hall–Kier alpha value is -1.75. The van der Waals surface area contributed by atoms with E-state index < -0.39 is 5.97 Å². The van der Waals surface area contributed by atoms with Crippen LogP contribution in [0.25, 0.3) is 0 Å². The van der Waals surface area contributed by atoms with Crippen molar-refractivity contribution in [3.05, 3.63) is 47.5 Å². The number of benzene rings is 1. The SMILES string of the molecule is Cc1ccc(SCc2cncn2C2CC2)cc1C(=O)O. The van der Waals surface area contributed by atoms with Crippen molar-refractivity contribution in [3.63, 3.8) is 0 Å². The summed E-state index contributed by atoms with van der Waals surface area (Å²) in [5.41, 5.74) is 2.38. The molecule has 0 spiro atoms. The van der Waals surface area contributed by atoms with Gasteiger partial charge in [0.25, 0.3) is 0 Å². The zero-order chi connectivity index (χ0) is 14.1. The van der Waals surface area contributed by atoms with E-state index in [-0.39, 0.29) is 0 Å². The zero-order valence-corrected chi connectivity index (χ0v) is 12.1.